The Kier molecular flexibility index (Phi) is 6.06. The number of halogens is 2. The fourth-order valence-electron chi connectivity index (χ4n) is 7.45. The third-order valence-corrected chi connectivity index (χ3v) is 10.6. The Hall–Kier alpha value is -2.27. The van der Waals surface area contributed by atoms with Crippen LogP contribution in [0.1, 0.15) is 51.9 Å². The first-order valence-corrected chi connectivity index (χ1v) is 13.7. The van der Waals surface area contributed by atoms with Crippen LogP contribution in [-0.4, -0.2) is 49.7 Å². The van der Waals surface area contributed by atoms with Crippen LogP contribution in [0.3, 0.4) is 0 Å². The van der Waals surface area contributed by atoms with Crippen molar-refractivity contribution in [2.24, 2.45) is 28.9 Å². The molecular formula is C24H32F2N4O4S. The molecule has 4 aliphatic carbocycles. The van der Waals surface area contributed by atoms with Crippen molar-refractivity contribution in [2.45, 2.75) is 64.0 Å². The average Bonchev–Trinajstić information content (AvgIpc) is 2.76. The maximum absolute atomic E-state index is 13.8. The molecule has 35 heavy (non-hydrogen) atoms. The van der Waals surface area contributed by atoms with Crippen LogP contribution in [0, 0.1) is 34.8 Å². The Morgan fingerprint density at radius 3 is 2.46 bits per heavy atom. The minimum absolute atomic E-state index is 0.0296. The topological polar surface area (TPSA) is 113 Å². The molecule has 11 heteroatoms. The van der Waals surface area contributed by atoms with E-state index >= 15 is 0 Å². The molecule has 4 bridgehead atoms. The third kappa shape index (κ3) is 4.30. The Morgan fingerprint density at radius 1 is 1.14 bits per heavy atom. The molecule has 1 saturated heterocycles. The summed E-state index contributed by atoms with van der Waals surface area (Å²) in [5.74, 6) is -1.76. The van der Waals surface area contributed by atoms with Crippen molar-refractivity contribution in [3.63, 3.8) is 0 Å². The summed E-state index contributed by atoms with van der Waals surface area (Å²) in [7, 11) is -4.11. The maximum Gasteiger partial charge on any atom is 0.304 e. The van der Waals surface area contributed by atoms with Gasteiger partial charge in [-0.05, 0) is 80.8 Å². The van der Waals surface area contributed by atoms with Gasteiger partial charge in [-0.2, -0.15) is 12.7 Å². The van der Waals surface area contributed by atoms with E-state index in [2.05, 4.69) is 5.32 Å². The molecule has 8 nitrogen and oxygen atoms in total. The van der Waals surface area contributed by atoms with Gasteiger partial charge in [-0.1, -0.05) is 0 Å². The number of primary amides is 1. The van der Waals surface area contributed by atoms with Crippen molar-refractivity contribution in [1.29, 1.82) is 0 Å². The van der Waals surface area contributed by atoms with E-state index in [0.29, 0.717) is 18.8 Å². The van der Waals surface area contributed by atoms with Crippen molar-refractivity contribution in [3.05, 3.63) is 29.8 Å². The van der Waals surface area contributed by atoms with Crippen LogP contribution in [-0.2, 0) is 19.8 Å². The molecule has 1 aromatic rings. The van der Waals surface area contributed by atoms with E-state index in [9.17, 15) is 26.8 Å². The van der Waals surface area contributed by atoms with Gasteiger partial charge in [0.25, 0.3) is 0 Å². The lowest BCUT2D eigenvalue weighted by atomic mass is 9.47. The Bertz CT molecular complexity index is 1130. The number of carbonyl (C=O) groups excluding carboxylic acids is 2. The number of nitrogens with zero attached hydrogens (tertiary/aromatic N) is 2. The summed E-state index contributed by atoms with van der Waals surface area (Å²) in [4.78, 5) is 25.0. The minimum Gasteiger partial charge on any atom is -0.370 e. The normalized spacial score (nSPS) is 34.5. The standard InChI is InChI=1S/C24H32F2N4O4S/c1-14(29-5-2-6-30(35(29,33)34)18-3-4-19(25)20(26)9-18)23(32)28-22-16-7-15-8-17(22)12-24(10-15,11-16)13-21(27)31/h3-4,9,14-17,22H,2,5-8,10-13H2,1H3,(H2,27,31)(H,28,32). The molecule has 4 saturated carbocycles. The first-order valence-electron chi connectivity index (χ1n) is 12.3. The molecule has 5 fully saturated rings. The Labute approximate surface area is 204 Å². The second-order valence-electron chi connectivity index (χ2n) is 11.0. The van der Waals surface area contributed by atoms with Gasteiger partial charge in [-0.25, -0.2) is 8.78 Å². The molecule has 3 unspecified atom stereocenters. The molecule has 0 spiro atoms. The summed E-state index contributed by atoms with van der Waals surface area (Å²) in [5, 5.41) is 3.15. The fraction of sp³-hybridized carbons (Fsp3) is 0.667. The average molecular weight is 511 g/mol. The molecule has 3 atom stereocenters. The highest BCUT2D eigenvalue weighted by Crippen LogP contribution is 2.61. The SMILES string of the molecule is CC(C(=O)NC1C2CC3CC1CC(CC(N)=O)(C3)C2)N1CCCN(c2ccc(F)c(F)c2)S1(=O)=O. The lowest BCUT2D eigenvalue weighted by Crippen LogP contribution is -2.63. The number of hydrogen-bond donors (Lipinski definition) is 2. The van der Waals surface area contributed by atoms with Gasteiger partial charge in [-0.15, -0.1) is 0 Å². The van der Waals surface area contributed by atoms with Crippen molar-refractivity contribution >= 4 is 27.7 Å². The summed E-state index contributed by atoms with van der Waals surface area (Å²) in [6.45, 7) is 1.85. The summed E-state index contributed by atoms with van der Waals surface area (Å²) >= 11 is 0. The molecule has 1 aliphatic heterocycles. The van der Waals surface area contributed by atoms with Crippen LogP contribution >= 0.6 is 0 Å². The molecule has 1 aromatic carbocycles. The van der Waals surface area contributed by atoms with E-state index in [1.54, 1.807) is 6.92 Å². The lowest BCUT2D eigenvalue weighted by Gasteiger charge is -2.60. The van der Waals surface area contributed by atoms with Gasteiger partial charge in [0.15, 0.2) is 11.6 Å². The number of anilines is 1. The zero-order chi connectivity index (χ0) is 25.1. The van der Waals surface area contributed by atoms with E-state index in [1.165, 1.54) is 6.07 Å². The zero-order valence-electron chi connectivity index (χ0n) is 19.8. The van der Waals surface area contributed by atoms with Crippen LogP contribution < -0.4 is 15.4 Å². The van der Waals surface area contributed by atoms with Crippen LogP contribution in [0.5, 0.6) is 0 Å². The molecule has 3 N–H and O–H groups in total. The highest BCUT2D eigenvalue weighted by molar-refractivity contribution is 7.90. The number of carbonyl (C=O) groups is 2. The second kappa shape index (κ2) is 8.69. The molecule has 6 rings (SSSR count). The largest absolute Gasteiger partial charge is 0.370 e. The molecule has 192 valence electrons. The fourth-order valence-corrected chi connectivity index (χ4v) is 9.30. The van der Waals surface area contributed by atoms with E-state index in [0.717, 1.165) is 52.8 Å². The van der Waals surface area contributed by atoms with Crippen LogP contribution in [0.4, 0.5) is 14.5 Å². The van der Waals surface area contributed by atoms with Crippen LogP contribution in [0.25, 0.3) is 0 Å². The molecule has 1 heterocycles. The minimum atomic E-state index is -4.11. The van der Waals surface area contributed by atoms with E-state index in [-0.39, 0.29) is 53.9 Å². The molecule has 0 aromatic heterocycles. The van der Waals surface area contributed by atoms with Crippen molar-refractivity contribution in [1.82, 2.24) is 9.62 Å². The first-order chi connectivity index (χ1) is 16.5. The van der Waals surface area contributed by atoms with E-state index in [4.69, 9.17) is 5.73 Å². The quantitative estimate of drug-likeness (QED) is 0.611. The van der Waals surface area contributed by atoms with Gasteiger partial charge < -0.3 is 11.1 Å². The van der Waals surface area contributed by atoms with Gasteiger partial charge in [0, 0.05) is 31.6 Å². The van der Waals surface area contributed by atoms with Gasteiger partial charge in [0.1, 0.15) is 6.04 Å². The van der Waals surface area contributed by atoms with Crippen LogP contribution in [0.2, 0.25) is 0 Å². The number of amides is 2. The number of nitrogens with one attached hydrogen (secondary N) is 1. The highest BCUT2D eigenvalue weighted by atomic mass is 32.2. The van der Waals surface area contributed by atoms with Crippen molar-refractivity contribution in [2.75, 3.05) is 17.4 Å². The van der Waals surface area contributed by atoms with E-state index in [1.807, 2.05) is 0 Å². The number of hydrogen-bond acceptors (Lipinski definition) is 4. The first kappa shape index (κ1) is 24.4. The monoisotopic (exact) mass is 510 g/mol. The summed E-state index contributed by atoms with van der Waals surface area (Å²) in [5.41, 5.74) is 5.50. The highest BCUT2D eigenvalue weighted by Gasteiger charge is 2.56. The molecular weight excluding hydrogens is 478 g/mol. The van der Waals surface area contributed by atoms with Gasteiger partial charge in [0.05, 0.1) is 5.69 Å². The number of benzene rings is 1. The van der Waals surface area contributed by atoms with Crippen molar-refractivity contribution < 1.29 is 26.8 Å². The molecule has 5 aliphatic rings. The number of nitrogens with two attached hydrogens (primary N) is 1. The summed E-state index contributed by atoms with van der Waals surface area (Å²) < 4.78 is 56.0. The Morgan fingerprint density at radius 2 is 1.83 bits per heavy atom. The molecule has 0 radical (unpaired) electrons. The van der Waals surface area contributed by atoms with Gasteiger partial charge >= 0.3 is 10.2 Å². The smallest absolute Gasteiger partial charge is 0.304 e. The molecule has 2 amide bonds. The lowest BCUT2D eigenvalue weighted by molar-refractivity contribution is -0.136. The summed E-state index contributed by atoms with van der Waals surface area (Å²) in [6.07, 6.45) is 5.57. The summed E-state index contributed by atoms with van der Waals surface area (Å²) in [6, 6.07) is 1.98. The zero-order valence-corrected chi connectivity index (χ0v) is 20.6. The van der Waals surface area contributed by atoms with Gasteiger partial charge in [-0.3, -0.25) is 13.9 Å². The van der Waals surface area contributed by atoms with E-state index < -0.39 is 27.9 Å². The predicted molar refractivity (Wildman–Crippen MR) is 125 cm³/mol. The Balaban J connectivity index is 1.30. The predicted octanol–water partition coefficient (Wildman–Crippen LogP) is 2.30. The van der Waals surface area contributed by atoms with Crippen molar-refractivity contribution in [3.8, 4) is 0 Å². The van der Waals surface area contributed by atoms with Crippen LogP contribution in [0.15, 0.2) is 18.2 Å². The number of rotatable bonds is 6. The second-order valence-corrected chi connectivity index (χ2v) is 12.8. The van der Waals surface area contributed by atoms with Gasteiger partial charge in [0.2, 0.25) is 11.8 Å². The maximum atomic E-state index is 13.8. The third-order valence-electron chi connectivity index (χ3n) is 8.58.